The Morgan fingerprint density at radius 2 is 1.92 bits per heavy atom. The Morgan fingerprint density at radius 3 is 2.00 bits per heavy atom. The summed E-state index contributed by atoms with van der Waals surface area (Å²) < 4.78 is -0.647. The molecule has 0 aliphatic rings. The summed E-state index contributed by atoms with van der Waals surface area (Å²) in [6.07, 6.45) is 0. The van der Waals surface area contributed by atoms with Crippen molar-refractivity contribution >= 4 is 31.0 Å². The van der Waals surface area contributed by atoms with Gasteiger partial charge in [0.2, 0.25) is 0 Å². The molecule has 0 rings (SSSR count). The molecule has 0 amide bonds. The van der Waals surface area contributed by atoms with E-state index in [-0.39, 0.29) is 18.3 Å². The lowest BCUT2D eigenvalue weighted by Crippen LogP contribution is -2.50. The van der Waals surface area contributed by atoms with Crippen LogP contribution in [0.15, 0.2) is 0 Å². The van der Waals surface area contributed by atoms with Gasteiger partial charge in [-0.3, -0.25) is 4.79 Å². The molecule has 0 spiro atoms. The standard InChI is InChI=1S/C7H15NO2S.ClH/c1-4(2)7(3,11)5(8)6(9)10;/h4-5,11H,8H2,1-3H3,(H,9,10);1H. The Kier molecular flexibility index (Phi) is 6.01. The first-order valence-electron chi connectivity index (χ1n) is 3.51. The predicted octanol–water partition coefficient (Wildman–Crippen LogP) is 1.16. The molecule has 12 heavy (non-hydrogen) atoms. The fourth-order valence-corrected chi connectivity index (χ4v) is 0.720. The van der Waals surface area contributed by atoms with Crippen molar-refractivity contribution in [2.45, 2.75) is 31.6 Å². The van der Waals surface area contributed by atoms with Gasteiger partial charge in [0.1, 0.15) is 6.04 Å². The van der Waals surface area contributed by atoms with Crippen LogP contribution < -0.4 is 5.73 Å². The summed E-state index contributed by atoms with van der Waals surface area (Å²) in [5, 5.41) is 8.59. The molecule has 0 heterocycles. The van der Waals surface area contributed by atoms with E-state index in [1.54, 1.807) is 6.92 Å². The molecule has 3 nitrogen and oxygen atoms in total. The average molecular weight is 214 g/mol. The molecule has 0 aromatic heterocycles. The lowest BCUT2D eigenvalue weighted by atomic mass is 9.90. The van der Waals surface area contributed by atoms with Gasteiger partial charge in [0.15, 0.2) is 0 Å². The molecule has 3 N–H and O–H groups in total. The zero-order valence-corrected chi connectivity index (χ0v) is 9.15. The van der Waals surface area contributed by atoms with Gasteiger partial charge in [-0.05, 0) is 12.8 Å². The van der Waals surface area contributed by atoms with E-state index in [4.69, 9.17) is 10.8 Å². The minimum absolute atomic E-state index is 0. The third-order valence-corrected chi connectivity index (χ3v) is 2.86. The van der Waals surface area contributed by atoms with Crippen LogP contribution in [0.5, 0.6) is 0 Å². The summed E-state index contributed by atoms with van der Waals surface area (Å²) in [4.78, 5) is 10.5. The first kappa shape index (κ1) is 14.6. The summed E-state index contributed by atoms with van der Waals surface area (Å²) in [5.74, 6) is -0.867. The summed E-state index contributed by atoms with van der Waals surface area (Å²) in [7, 11) is 0. The molecule has 0 radical (unpaired) electrons. The second kappa shape index (κ2) is 4.94. The van der Waals surface area contributed by atoms with Crippen LogP contribution in [-0.4, -0.2) is 21.9 Å². The number of carboxylic acids is 1. The van der Waals surface area contributed by atoms with Crippen molar-refractivity contribution in [1.29, 1.82) is 0 Å². The van der Waals surface area contributed by atoms with Crippen LogP contribution in [-0.2, 0) is 4.79 Å². The maximum absolute atomic E-state index is 10.5. The van der Waals surface area contributed by atoms with Gasteiger partial charge in [0.05, 0.1) is 0 Å². The number of rotatable bonds is 3. The lowest BCUT2D eigenvalue weighted by molar-refractivity contribution is -0.139. The maximum Gasteiger partial charge on any atom is 0.321 e. The highest BCUT2D eigenvalue weighted by Gasteiger charge is 2.35. The van der Waals surface area contributed by atoms with Crippen molar-refractivity contribution in [3.05, 3.63) is 0 Å². The molecule has 0 aromatic rings. The zero-order chi connectivity index (χ0) is 9.23. The van der Waals surface area contributed by atoms with Crippen LogP contribution in [0.3, 0.4) is 0 Å². The third-order valence-electron chi connectivity index (χ3n) is 2.06. The second-order valence-electron chi connectivity index (χ2n) is 3.20. The van der Waals surface area contributed by atoms with E-state index >= 15 is 0 Å². The fraction of sp³-hybridized carbons (Fsp3) is 0.857. The Bertz CT molecular complexity index is 161. The van der Waals surface area contributed by atoms with Crippen LogP contribution in [0.1, 0.15) is 20.8 Å². The normalized spacial score (nSPS) is 17.8. The van der Waals surface area contributed by atoms with E-state index in [1.807, 2.05) is 13.8 Å². The van der Waals surface area contributed by atoms with E-state index in [1.165, 1.54) is 0 Å². The van der Waals surface area contributed by atoms with Crippen molar-refractivity contribution < 1.29 is 9.90 Å². The topological polar surface area (TPSA) is 63.3 Å². The molecular formula is C7H16ClNO2S. The van der Waals surface area contributed by atoms with Crippen LogP contribution in [0, 0.1) is 5.92 Å². The number of hydrogen-bond donors (Lipinski definition) is 3. The number of aliphatic carboxylic acids is 1. The summed E-state index contributed by atoms with van der Waals surface area (Å²) in [6, 6.07) is -0.911. The SMILES string of the molecule is CC(C)C(C)(S)C(N)C(=O)O.Cl. The number of thiol groups is 1. The molecule has 74 valence electrons. The van der Waals surface area contributed by atoms with Crippen LogP contribution in [0.4, 0.5) is 0 Å². The van der Waals surface area contributed by atoms with Gasteiger partial charge in [-0.1, -0.05) is 13.8 Å². The second-order valence-corrected chi connectivity index (χ2v) is 4.16. The Balaban J connectivity index is 0. The molecule has 0 fully saturated rings. The van der Waals surface area contributed by atoms with Crippen molar-refractivity contribution in [2.24, 2.45) is 11.7 Å². The molecule has 2 atom stereocenters. The molecule has 0 saturated carbocycles. The van der Waals surface area contributed by atoms with Gasteiger partial charge in [0, 0.05) is 4.75 Å². The number of halogens is 1. The largest absolute Gasteiger partial charge is 0.480 e. The van der Waals surface area contributed by atoms with Crippen LogP contribution in [0.2, 0.25) is 0 Å². The molecule has 0 saturated heterocycles. The number of carbonyl (C=O) groups is 1. The molecule has 0 bridgehead atoms. The van der Waals surface area contributed by atoms with Crippen molar-refractivity contribution in [3.63, 3.8) is 0 Å². The highest BCUT2D eigenvalue weighted by atomic mass is 35.5. The Labute approximate surface area is 84.5 Å². The molecule has 0 aliphatic carbocycles. The maximum atomic E-state index is 10.5. The van der Waals surface area contributed by atoms with Gasteiger partial charge in [-0.15, -0.1) is 12.4 Å². The first-order valence-corrected chi connectivity index (χ1v) is 3.95. The summed E-state index contributed by atoms with van der Waals surface area (Å²) >= 11 is 4.21. The minimum Gasteiger partial charge on any atom is -0.480 e. The lowest BCUT2D eigenvalue weighted by Gasteiger charge is -2.31. The van der Waals surface area contributed by atoms with E-state index in [0.29, 0.717) is 0 Å². The average Bonchev–Trinajstić information content (AvgIpc) is 1.85. The van der Waals surface area contributed by atoms with Crippen LogP contribution in [0.25, 0.3) is 0 Å². The number of nitrogens with two attached hydrogens (primary N) is 1. The van der Waals surface area contributed by atoms with Gasteiger partial charge in [-0.25, -0.2) is 0 Å². The minimum atomic E-state index is -1.00. The molecule has 2 unspecified atom stereocenters. The van der Waals surface area contributed by atoms with Crippen LogP contribution >= 0.6 is 25.0 Å². The number of carboxylic acid groups (broad SMARTS) is 1. The fourth-order valence-electron chi connectivity index (χ4n) is 0.609. The zero-order valence-electron chi connectivity index (χ0n) is 7.44. The summed E-state index contributed by atoms with van der Waals surface area (Å²) in [6.45, 7) is 5.53. The predicted molar refractivity (Wildman–Crippen MR) is 55.1 cm³/mol. The Hall–Kier alpha value is 0.0700. The van der Waals surface area contributed by atoms with Gasteiger partial charge >= 0.3 is 5.97 Å². The third kappa shape index (κ3) is 3.21. The van der Waals surface area contributed by atoms with Crippen molar-refractivity contribution in [2.75, 3.05) is 0 Å². The highest BCUT2D eigenvalue weighted by molar-refractivity contribution is 7.81. The molecule has 0 aliphatic heterocycles. The van der Waals surface area contributed by atoms with E-state index in [2.05, 4.69) is 12.6 Å². The van der Waals surface area contributed by atoms with E-state index < -0.39 is 16.8 Å². The number of hydrogen-bond acceptors (Lipinski definition) is 3. The van der Waals surface area contributed by atoms with Crippen molar-refractivity contribution in [3.8, 4) is 0 Å². The monoisotopic (exact) mass is 213 g/mol. The molecular weight excluding hydrogens is 198 g/mol. The quantitative estimate of drug-likeness (QED) is 0.617. The van der Waals surface area contributed by atoms with Gasteiger partial charge in [0.25, 0.3) is 0 Å². The Morgan fingerprint density at radius 1 is 1.58 bits per heavy atom. The van der Waals surface area contributed by atoms with E-state index in [0.717, 1.165) is 0 Å². The smallest absolute Gasteiger partial charge is 0.321 e. The first-order chi connectivity index (χ1) is 4.80. The highest BCUT2D eigenvalue weighted by Crippen LogP contribution is 2.26. The molecule has 0 aromatic carbocycles. The molecule has 5 heteroatoms. The van der Waals surface area contributed by atoms with Crippen molar-refractivity contribution in [1.82, 2.24) is 0 Å². The van der Waals surface area contributed by atoms with Gasteiger partial charge in [-0.2, -0.15) is 12.6 Å². The van der Waals surface area contributed by atoms with E-state index in [9.17, 15) is 4.79 Å². The van der Waals surface area contributed by atoms with Gasteiger partial charge < -0.3 is 10.8 Å². The summed E-state index contributed by atoms with van der Waals surface area (Å²) in [5.41, 5.74) is 5.42.